The minimum atomic E-state index is -0.967. The summed E-state index contributed by atoms with van der Waals surface area (Å²) in [6.07, 6.45) is 1.88. The summed E-state index contributed by atoms with van der Waals surface area (Å²) in [5.74, 6) is -1.31. The number of halogens is 2. The first-order valence-electron chi connectivity index (χ1n) is 8.86. The van der Waals surface area contributed by atoms with Crippen molar-refractivity contribution < 1.29 is 9.59 Å². The third kappa shape index (κ3) is 3.70. The van der Waals surface area contributed by atoms with Crippen molar-refractivity contribution in [3.8, 4) is 0 Å². The summed E-state index contributed by atoms with van der Waals surface area (Å²) in [5.41, 5.74) is 0.0949. The highest BCUT2D eigenvalue weighted by molar-refractivity contribution is 6.35. The van der Waals surface area contributed by atoms with E-state index in [4.69, 9.17) is 23.2 Å². The van der Waals surface area contributed by atoms with Crippen LogP contribution in [0.15, 0.2) is 23.0 Å². The first-order valence-corrected chi connectivity index (χ1v) is 9.62. The lowest BCUT2D eigenvalue weighted by atomic mass is 9.92. The van der Waals surface area contributed by atoms with Crippen LogP contribution in [-0.2, 0) is 9.59 Å². The lowest BCUT2D eigenvalue weighted by molar-refractivity contribution is -0.123. The molecule has 146 valence electrons. The van der Waals surface area contributed by atoms with Crippen molar-refractivity contribution in [3.63, 3.8) is 0 Å². The third-order valence-electron chi connectivity index (χ3n) is 4.79. The van der Waals surface area contributed by atoms with Gasteiger partial charge < -0.3 is 15.5 Å². The van der Waals surface area contributed by atoms with Gasteiger partial charge in [0.2, 0.25) is 17.8 Å². The topological polar surface area (TPSA) is 107 Å². The second-order valence-electron chi connectivity index (χ2n) is 6.80. The third-order valence-corrected chi connectivity index (χ3v) is 5.23. The van der Waals surface area contributed by atoms with E-state index in [1.54, 1.807) is 0 Å². The lowest BCUT2D eigenvalue weighted by Gasteiger charge is -2.25. The maximum Gasteiger partial charge on any atom is 0.258 e. The molecule has 1 aromatic carbocycles. The Morgan fingerprint density at radius 3 is 2.50 bits per heavy atom. The van der Waals surface area contributed by atoms with Crippen LogP contribution in [0.25, 0.3) is 0 Å². The number of rotatable bonds is 3. The Labute approximate surface area is 170 Å². The van der Waals surface area contributed by atoms with E-state index in [2.05, 4.69) is 20.6 Å². The molecule has 2 amide bonds. The molecule has 1 atom stereocenters. The number of nitrogens with zero attached hydrogens (tertiary/aromatic N) is 2. The first kappa shape index (κ1) is 18.8. The minimum absolute atomic E-state index is 0.131. The molecule has 0 radical (unpaired) electrons. The van der Waals surface area contributed by atoms with Crippen LogP contribution < -0.4 is 21.1 Å². The van der Waals surface area contributed by atoms with E-state index in [1.807, 2.05) is 4.90 Å². The van der Waals surface area contributed by atoms with Gasteiger partial charge in [0.25, 0.3) is 5.56 Å². The molecular weight excluding hydrogens is 405 g/mol. The van der Waals surface area contributed by atoms with Crippen molar-refractivity contribution >= 4 is 52.5 Å². The van der Waals surface area contributed by atoms with Gasteiger partial charge in [-0.15, -0.1) is 0 Å². The number of H-pyrrole nitrogens is 1. The number of nitrogens with one attached hydrogen (secondary N) is 3. The van der Waals surface area contributed by atoms with Gasteiger partial charge in [0.05, 0.1) is 11.5 Å². The molecule has 3 N–H and O–H groups in total. The van der Waals surface area contributed by atoms with Gasteiger partial charge in [-0.25, -0.2) is 0 Å². The zero-order valence-electron chi connectivity index (χ0n) is 14.7. The molecule has 2 aliphatic rings. The van der Waals surface area contributed by atoms with E-state index in [0.717, 1.165) is 25.9 Å². The maximum atomic E-state index is 12.8. The van der Waals surface area contributed by atoms with Crippen molar-refractivity contribution in [2.24, 2.45) is 0 Å². The van der Waals surface area contributed by atoms with Crippen LogP contribution in [0.1, 0.15) is 30.7 Å². The Morgan fingerprint density at radius 1 is 1.14 bits per heavy atom. The van der Waals surface area contributed by atoms with Crippen molar-refractivity contribution in [1.82, 2.24) is 9.97 Å². The fourth-order valence-electron chi connectivity index (χ4n) is 3.52. The van der Waals surface area contributed by atoms with Gasteiger partial charge in [-0.1, -0.05) is 23.2 Å². The fourth-order valence-corrected chi connectivity index (χ4v) is 4.04. The van der Waals surface area contributed by atoms with Crippen LogP contribution in [0.2, 0.25) is 10.0 Å². The predicted octanol–water partition coefficient (Wildman–Crippen LogP) is 2.74. The van der Waals surface area contributed by atoms with E-state index in [0.29, 0.717) is 21.7 Å². The first-order chi connectivity index (χ1) is 13.4. The largest absolute Gasteiger partial charge is 0.342 e. The monoisotopic (exact) mass is 421 g/mol. The van der Waals surface area contributed by atoms with Crippen LogP contribution in [0.5, 0.6) is 0 Å². The molecule has 0 aliphatic carbocycles. The molecule has 2 aromatic rings. The summed E-state index contributed by atoms with van der Waals surface area (Å²) in [6, 6.07) is 4.61. The van der Waals surface area contributed by atoms with E-state index in [9.17, 15) is 14.4 Å². The molecule has 2 aliphatic heterocycles. The van der Waals surface area contributed by atoms with Crippen molar-refractivity contribution in [2.45, 2.75) is 25.2 Å². The number of fused-ring (bicyclic) bond motifs is 1. The Kier molecular flexibility index (Phi) is 4.99. The Morgan fingerprint density at radius 2 is 1.82 bits per heavy atom. The van der Waals surface area contributed by atoms with Crippen molar-refractivity contribution in [2.75, 3.05) is 28.6 Å². The molecule has 3 heterocycles. The van der Waals surface area contributed by atoms with Gasteiger partial charge in [0, 0.05) is 35.2 Å². The van der Waals surface area contributed by atoms with Crippen LogP contribution >= 0.6 is 23.2 Å². The molecule has 28 heavy (non-hydrogen) atoms. The van der Waals surface area contributed by atoms with Gasteiger partial charge in [0.15, 0.2) is 0 Å². The number of anilines is 3. The molecule has 4 rings (SSSR count). The highest BCUT2D eigenvalue weighted by Gasteiger charge is 2.35. The van der Waals surface area contributed by atoms with Crippen LogP contribution in [0.3, 0.4) is 0 Å². The molecule has 1 fully saturated rings. The molecule has 1 unspecified atom stereocenters. The van der Waals surface area contributed by atoms with Crippen molar-refractivity contribution in [3.05, 3.63) is 44.2 Å². The number of hydrogen-bond acceptors (Lipinski definition) is 5. The molecule has 8 nitrogen and oxygen atoms in total. The Balaban J connectivity index is 1.66. The zero-order valence-corrected chi connectivity index (χ0v) is 16.2. The summed E-state index contributed by atoms with van der Waals surface area (Å²) >= 11 is 11.9. The van der Waals surface area contributed by atoms with Gasteiger partial charge >= 0.3 is 0 Å². The van der Waals surface area contributed by atoms with Crippen LogP contribution in [-0.4, -0.2) is 34.9 Å². The number of aromatic nitrogens is 2. The minimum Gasteiger partial charge on any atom is -0.342 e. The highest BCUT2D eigenvalue weighted by atomic mass is 35.5. The number of aromatic amines is 1. The number of hydrogen-bond donors (Lipinski definition) is 3. The molecule has 0 spiro atoms. The number of carbonyl (C=O) groups is 2. The quantitative estimate of drug-likeness (QED) is 0.705. The summed E-state index contributed by atoms with van der Waals surface area (Å²) in [4.78, 5) is 46.8. The summed E-state index contributed by atoms with van der Waals surface area (Å²) in [7, 11) is 0. The normalized spacial score (nSPS) is 18.6. The maximum absolute atomic E-state index is 12.8. The SMILES string of the molecule is O=C1CC(C(=O)Nc2cc(Cl)cc(Cl)c2)c2c(nc(N3CCCC3)[nH]c2=O)N1. The van der Waals surface area contributed by atoms with Crippen molar-refractivity contribution in [1.29, 1.82) is 0 Å². The van der Waals surface area contributed by atoms with E-state index in [-0.39, 0.29) is 23.7 Å². The van der Waals surface area contributed by atoms with Gasteiger partial charge in [-0.3, -0.25) is 19.4 Å². The van der Waals surface area contributed by atoms with E-state index < -0.39 is 17.4 Å². The second kappa shape index (κ2) is 7.44. The lowest BCUT2D eigenvalue weighted by Crippen LogP contribution is -2.37. The molecule has 0 bridgehead atoms. The average molecular weight is 422 g/mol. The molecule has 1 aromatic heterocycles. The van der Waals surface area contributed by atoms with Gasteiger partial charge in [-0.2, -0.15) is 4.98 Å². The molecule has 0 saturated carbocycles. The smallest absolute Gasteiger partial charge is 0.258 e. The standard InChI is InChI=1S/C18H17Cl2N5O3/c19-9-5-10(20)7-11(6-9)21-16(27)12-8-13(26)22-15-14(12)17(28)24-18(23-15)25-3-1-2-4-25/h5-7,12H,1-4,8H2,(H,21,27)(H2,22,23,24,26,28). The van der Waals surface area contributed by atoms with E-state index >= 15 is 0 Å². The molecule has 10 heteroatoms. The zero-order chi connectivity index (χ0) is 19.8. The Hall–Kier alpha value is -2.58. The highest BCUT2D eigenvalue weighted by Crippen LogP contribution is 2.31. The van der Waals surface area contributed by atoms with Gasteiger partial charge in [-0.05, 0) is 31.0 Å². The fraction of sp³-hybridized carbons (Fsp3) is 0.333. The summed E-state index contributed by atoms with van der Waals surface area (Å²) in [5, 5.41) is 6.01. The number of amides is 2. The number of carbonyl (C=O) groups excluding carboxylic acids is 2. The second-order valence-corrected chi connectivity index (χ2v) is 7.67. The Bertz CT molecular complexity index is 997. The number of benzene rings is 1. The molecule has 1 saturated heterocycles. The van der Waals surface area contributed by atoms with Gasteiger partial charge in [0.1, 0.15) is 5.82 Å². The van der Waals surface area contributed by atoms with E-state index in [1.165, 1.54) is 18.2 Å². The summed E-state index contributed by atoms with van der Waals surface area (Å²) < 4.78 is 0. The average Bonchev–Trinajstić information content (AvgIpc) is 3.14. The molecular formula is C18H17Cl2N5O3. The summed E-state index contributed by atoms with van der Waals surface area (Å²) in [6.45, 7) is 1.57. The van der Waals surface area contributed by atoms with Crippen LogP contribution in [0.4, 0.5) is 17.5 Å². The predicted molar refractivity (Wildman–Crippen MR) is 107 cm³/mol. The van der Waals surface area contributed by atoms with Crippen LogP contribution in [0, 0.1) is 0 Å².